The molecule has 0 saturated carbocycles. The minimum atomic E-state index is -0.430. The highest BCUT2D eigenvalue weighted by Crippen LogP contribution is 2.35. The van der Waals surface area contributed by atoms with E-state index in [0.717, 1.165) is 44.1 Å². The van der Waals surface area contributed by atoms with E-state index >= 15 is 0 Å². The van der Waals surface area contributed by atoms with E-state index in [0.29, 0.717) is 5.02 Å². The summed E-state index contributed by atoms with van der Waals surface area (Å²) in [6.45, 7) is 12.9. The number of nitrogens with zero attached hydrogens (tertiary/aromatic N) is 2. The molecule has 2 rings (SSSR count). The fourth-order valence-electron chi connectivity index (χ4n) is 2.54. The number of anilines is 2. The van der Waals surface area contributed by atoms with E-state index in [1.807, 2.05) is 39.0 Å². The van der Waals surface area contributed by atoms with Crippen LogP contribution >= 0.6 is 11.6 Å². The van der Waals surface area contributed by atoms with Gasteiger partial charge in [-0.3, -0.25) is 4.79 Å². The number of benzene rings is 1. The summed E-state index contributed by atoms with van der Waals surface area (Å²) in [7, 11) is 0. The number of carbonyl (C=O) groups excluding carboxylic acids is 1. The van der Waals surface area contributed by atoms with Crippen LogP contribution in [0.25, 0.3) is 0 Å². The van der Waals surface area contributed by atoms with Crippen molar-refractivity contribution in [3.05, 3.63) is 23.2 Å². The predicted molar refractivity (Wildman–Crippen MR) is 93.9 cm³/mol. The molecule has 4 nitrogen and oxygen atoms in total. The van der Waals surface area contributed by atoms with Crippen molar-refractivity contribution >= 4 is 28.9 Å². The molecule has 1 saturated heterocycles. The maximum Gasteiger partial charge on any atom is 0.229 e. The molecule has 1 amide bonds. The Bertz CT molecular complexity index is 531. The van der Waals surface area contributed by atoms with Crippen molar-refractivity contribution in [3.63, 3.8) is 0 Å². The number of hydrogen-bond acceptors (Lipinski definition) is 3. The Labute approximate surface area is 138 Å². The number of likely N-dealkylation sites (N-methyl/N-ethyl adjacent to an activating group) is 1. The van der Waals surface area contributed by atoms with E-state index in [4.69, 9.17) is 11.6 Å². The number of para-hydroxylation sites is 1. The van der Waals surface area contributed by atoms with Gasteiger partial charge in [0.25, 0.3) is 0 Å². The van der Waals surface area contributed by atoms with Crippen molar-refractivity contribution < 1.29 is 4.79 Å². The molecular weight excluding hydrogens is 298 g/mol. The van der Waals surface area contributed by atoms with Gasteiger partial charge >= 0.3 is 0 Å². The number of rotatable bonds is 3. The Hall–Kier alpha value is -1.26. The molecule has 1 aliphatic rings. The first-order valence-corrected chi connectivity index (χ1v) is 8.28. The molecule has 122 valence electrons. The molecule has 1 N–H and O–H groups in total. The summed E-state index contributed by atoms with van der Waals surface area (Å²) < 4.78 is 0. The number of nitrogens with one attached hydrogen (secondary N) is 1. The first-order chi connectivity index (χ1) is 10.3. The van der Waals surface area contributed by atoms with Gasteiger partial charge in [-0.2, -0.15) is 0 Å². The van der Waals surface area contributed by atoms with Gasteiger partial charge in [-0.25, -0.2) is 0 Å². The molecule has 0 unspecified atom stereocenters. The molecular formula is C17H26ClN3O. The zero-order valence-corrected chi connectivity index (χ0v) is 14.7. The van der Waals surface area contributed by atoms with E-state index in [2.05, 4.69) is 22.0 Å². The van der Waals surface area contributed by atoms with E-state index in [-0.39, 0.29) is 5.91 Å². The van der Waals surface area contributed by atoms with Crippen LogP contribution in [-0.2, 0) is 4.79 Å². The minimum Gasteiger partial charge on any atom is -0.366 e. The van der Waals surface area contributed by atoms with Gasteiger partial charge < -0.3 is 15.1 Å². The molecule has 1 heterocycles. The molecule has 0 atom stereocenters. The first-order valence-electron chi connectivity index (χ1n) is 7.90. The van der Waals surface area contributed by atoms with Crippen molar-refractivity contribution in [2.24, 2.45) is 5.41 Å². The Morgan fingerprint density at radius 3 is 2.41 bits per heavy atom. The zero-order valence-electron chi connectivity index (χ0n) is 13.9. The maximum absolute atomic E-state index is 12.3. The summed E-state index contributed by atoms with van der Waals surface area (Å²) in [6.07, 6.45) is 0. The molecule has 0 spiro atoms. The summed E-state index contributed by atoms with van der Waals surface area (Å²) in [5.41, 5.74) is 1.32. The average Bonchev–Trinajstić information content (AvgIpc) is 2.47. The standard InChI is InChI=1S/C17H26ClN3O/c1-5-20-9-11-21(12-10-20)15-13(18)7-6-8-14(15)19-16(22)17(2,3)4/h6-8H,5,9-12H2,1-4H3,(H,19,22). The molecule has 0 aliphatic carbocycles. The smallest absolute Gasteiger partial charge is 0.229 e. The summed E-state index contributed by atoms with van der Waals surface area (Å²) in [4.78, 5) is 17.0. The van der Waals surface area contributed by atoms with Crippen molar-refractivity contribution in [1.82, 2.24) is 4.90 Å². The zero-order chi connectivity index (χ0) is 16.3. The predicted octanol–water partition coefficient (Wildman–Crippen LogP) is 3.47. The quantitative estimate of drug-likeness (QED) is 0.925. The average molecular weight is 324 g/mol. The highest BCUT2D eigenvalue weighted by atomic mass is 35.5. The molecule has 0 radical (unpaired) electrons. The molecule has 1 aliphatic heterocycles. The Balaban J connectivity index is 2.22. The second-order valence-corrected chi connectivity index (χ2v) is 7.17. The molecule has 0 aromatic heterocycles. The number of piperazine rings is 1. The van der Waals surface area contributed by atoms with Gasteiger partial charge in [0.05, 0.1) is 16.4 Å². The third-order valence-corrected chi connectivity index (χ3v) is 4.36. The van der Waals surface area contributed by atoms with E-state index in [1.165, 1.54) is 0 Å². The number of amides is 1. The first kappa shape index (κ1) is 17.1. The van der Waals surface area contributed by atoms with Crippen LogP contribution in [0, 0.1) is 5.41 Å². The number of carbonyl (C=O) groups is 1. The van der Waals surface area contributed by atoms with Crippen LogP contribution in [0.2, 0.25) is 5.02 Å². The van der Waals surface area contributed by atoms with Crippen molar-refractivity contribution in [2.45, 2.75) is 27.7 Å². The molecule has 22 heavy (non-hydrogen) atoms. The molecule has 1 fully saturated rings. The van der Waals surface area contributed by atoms with Crippen LogP contribution in [0.3, 0.4) is 0 Å². The third-order valence-electron chi connectivity index (χ3n) is 4.05. The van der Waals surface area contributed by atoms with Gasteiger partial charge in [0.1, 0.15) is 0 Å². The maximum atomic E-state index is 12.3. The van der Waals surface area contributed by atoms with Crippen molar-refractivity contribution in [2.75, 3.05) is 42.9 Å². The SMILES string of the molecule is CCN1CCN(c2c(Cl)cccc2NC(=O)C(C)(C)C)CC1. The van der Waals surface area contributed by atoms with Crippen LogP contribution in [0.1, 0.15) is 27.7 Å². The summed E-state index contributed by atoms with van der Waals surface area (Å²) in [5.74, 6) is 0.00297. The number of hydrogen-bond donors (Lipinski definition) is 1. The molecule has 1 aromatic rings. The fourth-order valence-corrected chi connectivity index (χ4v) is 2.83. The minimum absolute atomic E-state index is 0.00297. The highest BCUT2D eigenvalue weighted by Gasteiger charge is 2.25. The lowest BCUT2D eigenvalue weighted by molar-refractivity contribution is -0.123. The topological polar surface area (TPSA) is 35.6 Å². The second-order valence-electron chi connectivity index (χ2n) is 6.76. The summed E-state index contributed by atoms with van der Waals surface area (Å²) in [5, 5.41) is 3.73. The van der Waals surface area contributed by atoms with E-state index < -0.39 is 5.41 Å². The van der Waals surface area contributed by atoms with Crippen molar-refractivity contribution in [3.8, 4) is 0 Å². The second kappa shape index (κ2) is 6.88. The summed E-state index contributed by atoms with van der Waals surface area (Å²) >= 11 is 6.42. The molecule has 1 aromatic carbocycles. The molecule has 0 bridgehead atoms. The normalized spacial score (nSPS) is 16.7. The van der Waals surface area contributed by atoms with Gasteiger partial charge in [0, 0.05) is 31.6 Å². The number of halogens is 1. The van der Waals surface area contributed by atoms with Crippen LogP contribution in [0.4, 0.5) is 11.4 Å². The van der Waals surface area contributed by atoms with Crippen LogP contribution in [-0.4, -0.2) is 43.5 Å². The van der Waals surface area contributed by atoms with E-state index in [9.17, 15) is 4.79 Å². The lowest BCUT2D eigenvalue weighted by Gasteiger charge is -2.37. The van der Waals surface area contributed by atoms with Gasteiger partial charge in [-0.05, 0) is 18.7 Å². The third kappa shape index (κ3) is 3.93. The Morgan fingerprint density at radius 1 is 1.23 bits per heavy atom. The van der Waals surface area contributed by atoms with Crippen LogP contribution in [0.15, 0.2) is 18.2 Å². The Morgan fingerprint density at radius 2 is 1.86 bits per heavy atom. The highest BCUT2D eigenvalue weighted by molar-refractivity contribution is 6.34. The van der Waals surface area contributed by atoms with E-state index in [1.54, 1.807) is 0 Å². The lowest BCUT2D eigenvalue weighted by Crippen LogP contribution is -2.46. The Kier molecular flexibility index (Phi) is 5.35. The monoisotopic (exact) mass is 323 g/mol. The van der Waals surface area contributed by atoms with Gasteiger partial charge in [-0.15, -0.1) is 0 Å². The van der Waals surface area contributed by atoms with Gasteiger partial charge in [-0.1, -0.05) is 45.4 Å². The fraction of sp³-hybridized carbons (Fsp3) is 0.588. The van der Waals surface area contributed by atoms with Crippen LogP contribution in [0.5, 0.6) is 0 Å². The van der Waals surface area contributed by atoms with Gasteiger partial charge in [0.2, 0.25) is 5.91 Å². The molecule has 5 heteroatoms. The largest absolute Gasteiger partial charge is 0.366 e. The lowest BCUT2D eigenvalue weighted by atomic mass is 9.95. The van der Waals surface area contributed by atoms with Crippen LogP contribution < -0.4 is 10.2 Å². The van der Waals surface area contributed by atoms with Gasteiger partial charge in [0.15, 0.2) is 0 Å². The van der Waals surface area contributed by atoms with Crippen molar-refractivity contribution in [1.29, 1.82) is 0 Å². The summed E-state index contributed by atoms with van der Waals surface area (Å²) in [6, 6.07) is 5.69.